The van der Waals surface area contributed by atoms with Crippen molar-refractivity contribution in [3.63, 3.8) is 0 Å². The van der Waals surface area contributed by atoms with Crippen molar-refractivity contribution in [1.82, 2.24) is 0 Å². The molecule has 214 valence electrons. The first kappa shape index (κ1) is 26.8. The van der Waals surface area contributed by atoms with Crippen LogP contribution < -0.4 is 0 Å². The number of esters is 2. The Balaban J connectivity index is 1.11. The van der Waals surface area contributed by atoms with Gasteiger partial charge in [0.05, 0.1) is 22.2 Å². The maximum absolute atomic E-state index is 13.7. The monoisotopic (exact) mass is 564 g/mol. The second-order valence-corrected chi connectivity index (χ2v) is 15.1. The number of hydrogen-bond acceptors (Lipinski definition) is 9. The van der Waals surface area contributed by atoms with E-state index in [1.807, 2.05) is 0 Å². The molecule has 8 bridgehead atoms. The van der Waals surface area contributed by atoms with Crippen LogP contribution in [0.5, 0.6) is 0 Å². The fourth-order valence-corrected chi connectivity index (χ4v) is 10.0. The third kappa shape index (κ3) is 4.46. The van der Waals surface area contributed by atoms with E-state index in [0.717, 1.165) is 6.42 Å². The molecule has 10 nitrogen and oxygen atoms in total. The van der Waals surface area contributed by atoms with Gasteiger partial charge in [-0.15, -0.1) is 0 Å². The van der Waals surface area contributed by atoms with Gasteiger partial charge in [0.1, 0.15) is 12.2 Å². The van der Waals surface area contributed by atoms with Gasteiger partial charge in [-0.2, -0.15) is 17.2 Å². The molecule has 8 saturated carbocycles. The molecular formula is C25H34F2O10S. The maximum Gasteiger partial charge on any atom is 0.402 e. The highest BCUT2D eigenvalue weighted by Crippen LogP contribution is 2.64. The van der Waals surface area contributed by atoms with Gasteiger partial charge in [-0.05, 0) is 75.5 Å². The number of ether oxygens (including phenoxy) is 3. The fraction of sp³-hybridized carbons (Fsp3) is 0.920. The van der Waals surface area contributed by atoms with Crippen LogP contribution in [0.1, 0.15) is 77.0 Å². The van der Waals surface area contributed by atoms with Crippen LogP contribution in [0.25, 0.3) is 0 Å². The molecular weight excluding hydrogens is 530 g/mol. The Bertz CT molecular complexity index is 1120. The second-order valence-electron chi connectivity index (χ2n) is 13.5. The Hall–Kier alpha value is -1.41. The van der Waals surface area contributed by atoms with Gasteiger partial charge in [0.25, 0.3) is 0 Å². The lowest BCUT2D eigenvalue weighted by Crippen LogP contribution is -2.67. The van der Waals surface area contributed by atoms with Gasteiger partial charge in [-0.3, -0.25) is 9.35 Å². The number of halogens is 2. The van der Waals surface area contributed by atoms with Crippen LogP contribution in [0.15, 0.2) is 0 Å². The van der Waals surface area contributed by atoms with Crippen LogP contribution in [0.2, 0.25) is 0 Å². The molecule has 0 heterocycles. The number of rotatable bonds is 8. The van der Waals surface area contributed by atoms with Crippen LogP contribution in [0.4, 0.5) is 8.78 Å². The second kappa shape index (κ2) is 8.08. The molecule has 38 heavy (non-hydrogen) atoms. The molecule has 0 radical (unpaired) electrons. The van der Waals surface area contributed by atoms with E-state index in [1.54, 1.807) is 0 Å². The van der Waals surface area contributed by atoms with Crippen molar-refractivity contribution in [3.05, 3.63) is 0 Å². The molecule has 8 fully saturated rings. The summed E-state index contributed by atoms with van der Waals surface area (Å²) in [6.45, 7) is -2.15. The summed E-state index contributed by atoms with van der Waals surface area (Å²) < 4.78 is 74.7. The molecule has 0 aromatic heterocycles. The summed E-state index contributed by atoms with van der Waals surface area (Å²) in [5, 5.41) is 17.2. The van der Waals surface area contributed by atoms with Crippen LogP contribution in [0.3, 0.4) is 0 Å². The molecule has 3 N–H and O–H groups in total. The topological polar surface area (TPSA) is 157 Å². The van der Waals surface area contributed by atoms with Crippen molar-refractivity contribution >= 4 is 22.1 Å². The van der Waals surface area contributed by atoms with E-state index >= 15 is 0 Å². The third-order valence-corrected chi connectivity index (χ3v) is 10.8. The Morgan fingerprint density at radius 1 is 0.842 bits per heavy atom. The minimum absolute atomic E-state index is 0.0635. The zero-order valence-corrected chi connectivity index (χ0v) is 21.8. The van der Waals surface area contributed by atoms with Crippen molar-refractivity contribution < 1.29 is 55.8 Å². The van der Waals surface area contributed by atoms with Gasteiger partial charge in [-0.1, -0.05) is 0 Å². The van der Waals surface area contributed by atoms with Gasteiger partial charge < -0.3 is 24.4 Å². The molecule has 8 aliphatic rings. The Morgan fingerprint density at radius 2 is 1.42 bits per heavy atom. The van der Waals surface area contributed by atoms with E-state index in [-0.39, 0.29) is 50.0 Å². The summed E-state index contributed by atoms with van der Waals surface area (Å²) >= 11 is 0. The van der Waals surface area contributed by atoms with Crippen molar-refractivity contribution in [2.45, 2.75) is 105 Å². The highest BCUT2D eigenvalue weighted by Gasteiger charge is 2.65. The number of alkyl halides is 2. The molecule has 0 spiro atoms. The van der Waals surface area contributed by atoms with Gasteiger partial charge in [0, 0.05) is 19.3 Å². The predicted molar refractivity (Wildman–Crippen MR) is 123 cm³/mol. The van der Waals surface area contributed by atoms with E-state index in [2.05, 4.69) is 0 Å². The normalized spacial score (nSPS) is 46.8. The van der Waals surface area contributed by atoms with Gasteiger partial charge in [0.15, 0.2) is 6.61 Å². The van der Waals surface area contributed by atoms with E-state index in [1.165, 1.54) is 0 Å². The largest absolute Gasteiger partial charge is 0.458 e. The molecule has 0 aromatic carbocycles. The number of carbonyl (C=O) groups is 2. The molecule has 13 heteroatoms. The van der Waals surface area contributed by atoms with Crippen LogP contribution in [0, 0.1) is 23.2 Å². The summed E-state index contributed by atoms with van der Waals surface area (Å²) in [5.41, 5.74) is -5.00. The number of aliphatic hydroxyl groups is 2. The van der Waals surface area contributed by atoms with E-state index in [4.69, 9.17) is 18.8 Å². The standard InChI is InChI=1S/C25H34F2O10S/c26-25(27,38(32,33)34)14-35-19(29)20-2-15-1-16(3-20)7-23(6-15,10-20)36-9-18(28)37-24-8-17-4-21(30,12-24)11-22(31,5-17)13-24/h15-17,30-31H,1-14H2,(H,32,33,34). The van der Waals surface area contributed by atoms with Crippen molar-refractivity contribution in [3.8, 4) is 0 Å². The Labute approximate surface area is 219 Å². The SMILES string of the molecule is O=C(COC12CC3CC(C1)CC(C(=O)OCC(F)(F)S(=O)(=O)O)(C3)C2)OC12CC3CC(O)(CC(O)(C3)C1)C2. The van der Waals surface area contributed by atoms with Gasteiger partial charge in [-0.25, -0.2) is 4.79 Å². The van der Waals surface area contributed by atoms with Crippen molar-refractivity contribution in [1.29, 1.82) is 0 Å². The first-order valence-electron chi connectivity index (χ1n) is 13.3. The lowest BCUT2D eigenvalue weighted by atomic mass is 9.48. The van der Waals surface area contributed by atoms with Crippen LogP contribution in [-0.4, -0.2) is 76.0 Å². The van der Waals surface area contributed by atoms with Crippen molar-refractivity contribution in [2.24, 2.45) is 23.2 Å². The maximum atomic E-state index is 13.7. The third-order valence-electron chi connectivity index (χ3n) is 9.97. The first-order chi connectivity index (χ1) is 17.5. The highest BCUT2D eigenvalue weighted by molar-refractivity contribution is 7.86. The lowest BCUT2D eigenvalue weighted by molar-refractivity contribution is -0.265. The minimum atomic E-state index is -5.73. The molecule has 4 unspecified atom stereocenters. The minimum Gasteiger partial charge on any atom is -0.458 e. The van der Waals surface area contributed by atoms with Crippen LogP contribution >= 0.6 is 0 Å². The summed E-state index contributed by atoms with van der Waals surface area (Å²) in [6.07, 6.45) is 5.60. The smallest absolute Gasteiger partial charge is 0.402 e. The molecule has 0 amide bonds. The summed E-state index contributed by atoms with van der Waals surface area (Å²) in [5.74, 6) is -1.35. The zero-order valence-electron chi connectivity index (χ0n) is 21.0. The van der Waals surface area contributed by atoms with Gasteiger partial charge in [0.2, 0.25) is 0 Å². The fourth-order valence-electron chi connectivity index (χ4n) is 9.81. The van der Waals surface area contributed by atoms with E-state index < -0.39 is 61.7 Å². The summed E-state index contributed by atoms with van der Waals surface area (Å²) in [4.78, 5) is 26.0. The molecule has 0 aliphatic heterocycles. The average Bonchev–Trinajstić information content (AvgIpc) is 2.71. The van der Waals surface area contributed by atoms with Crippen LogP contribution in [-0.2, 0) is 33.9 Å². The molecule has 8 rings (SSSR count). The zero-order chi connectivity index (χ0) is 27.4. The molecule has 4 atom stereocenters. The summed E-state index contributed by atoms with van der Waals surface area (Å²) in [6, 6.07) is 0. The summed E-state index contributed by atoms with van der Waals surface area (Å²) in [7, 11) is -5.73. The first-order valence-corrected chi connectivity index (χ1v) is 14.7. The van der Waals surface area contributed by atoms with E-state index in [0.29, 0.717) is 44.9 Å². The Morgan fingerprint density at radius 3 is 1.97 bits per heavy atom. The molecule has 0 aromatic rings. The van der Waals surface area contributed by atoms with E-state index in [9.17, 15) is 37.0 Å². The number of carbonyl (C=O) groups excluding carboxylic acids is 2. The molecule has 8 aliphatic carbocycles. The molecule has 0 saturated heterocycles. The number of hydrogen-bond donors (Lipinski definition) is 3. The predicted octanol–water partition coefficient (Wildman–Crippen LogP) is 2.11. The van der Waals surface area contributed by atoms with Gasteiger partial charge >= 0.3 is 27.3 Å². The average molecular weight is 565 g/mol. The Kier molecular flexibility index (Phi) is 5.70. The quantitative estimate of drug-likeness (QED) is 0.295. The lowest BCUT2D eigenvalue weighted by Gasteiger charge is -2.62. The van der Waals surface area contributed by atoms with Crippen molar-refractivity contribution in [2.75, 3.05) is 13.2 Å². The highest BCUT2D eigenvalue weighted by atomic mass is 32.2.